The summed E-state index contributed by atoms with van der Waals surface area (Å²) >= 11 is 0. The molecule has 3 nitrogen and oxygen atoms in total. The van der Waals surface area contributed by atoms with Gasteiger partial charge in [0.1, 0.15) is 0 Å². The van der Waals surface area contributed by atoms with E-state index in [-0.39, 0.29) is 5.97 Å². The maximum atomic E-state index is 11.5. The Morgan fingerprint density at radius 2 is 1.32 bits per heavy atom. The van der Waals surface area contributed by atoms with Gasteiger partial charge in [-0.15, -0.1) is 0 Å². The highest BCUT2D eigenvalue weighted by molar-refractivity contribution is 5.88. The molecule has 0 spiro atoms. The summed E-state index contributed by atoms with van der Waals surface area (Å²) in [4.78, 5) is 22.9. The summed E-state index contributed by atoms with van der Waals surface area (Å²) in [7, 11) is 0. The second kappa shape index (κ2) is 9.99. The van der Waals surface area contributed by atoms with Crippen LogP contribution in [-0.4, -0.2) is 11.9 Å². The molecule has 19 heavy (non-hydrogen) atoms. The van der Waals surface area contributed by atoms with Gasteiger partial charge in [-0.1, -0.05) is 51.9 Å². The molecule has 112 valence electrons. The summed E-state index contributed by atoms with van der Waals surface area (Å²) < 4.78 is 4.80. The average Bonchev–Trinajstić information content (AvgIpc) is 2.31. The molecule has 0 aliphatic rings. The van der Waals surface area contributed by atoms with Crippen molar-refractivity contribution in [1.29, 1.82) is 0 Å². The number of carbonyl (C=O) groups is 2. The van der Waals surface area contributed by atoms with E-state index in [1.54, 1.807) is 20.8 Å². The molecule has 0 amide bonds. The van der Waals surface area contributed by atoms with Crippen LogP contribution in [0.1, 0.15) is 85.5 Å². The highest BCUT2D eigenvalue weighted by atomic mass is 16.6. The molecular formula is C16H30O3. The Labute approximate surface area is 118 Å². The zero-order valence-electron chi connectivity index (χ0n) is 13.1. The lowest BCUT2D eigenvalue weighted by Crippen LogP contribution is -2.25. The fraction of sp³-hybridized carbons (Fsp3) is 0.875. The summed E-state index contributed by atoms with van der Waals surface area (Å²) in [5.74, 6) is -0.817. The number of rotatable bonds is 9. The average molecular weight is 270 g/mol. The molecule has 0 aromatic heterocycles. The topological polar surface area (TPSA) is 43.4 Å². The lowest BCUT2D eigenvalue weighted by molar-refractivity contribution is -0.165. The molecule has 0 radical (unpaired) electrons. The molecule has 0 rings (SSSR count). The van der Waals surface area contributed by atoms with Gasteiger partial charge >= 0.3 is 11.9 Å². The van der Waals surface area contributed by atoms with Crippen LogP contribution in [0.3, 0.4) is 0 Å². The lowest BCUT2D eigenvalue weighted by atomic mass is 9.97. The summed E-state index contributed by atoms with van der Waals surface area (Å²) in [6.07, 6.45) is 9.85. The molecule has 3 heteroatoms. The van der Waals surface area contributed by atoms with Crippen molar-refractivity contribution in [2.45, 2.75) is 85.5 Å². The van der Waals surface area contributed by atoms with E-state index in [9.17, 15) is 9.59 Å². The van der Waals surface area contributed by atoms with Crippen molar-refractivity contribution in [1.82, 2.24) is 0 Å². The largest absolute Gasteiger partial charge is 0.393 e. The van der Waals surface area contributed by atoms with Crippen LogP contribution in [0, 0.1) is 5.41 Å². The van der Waals surface area contributed by atoms with E-state index < -0.39 is 11.4 Å². The Morgan fingerprint density at radius 3 is 1.79 bits per heavy atom. The van der Waals surface area contributed by atoms with E-state index in [4.69, 9.17) is 4.74 Å². The van der Waals surface area contributed by atoms with E-state index >= 15 is 0 Å². The predicted molar refractivity (Wildman–Crippen MR) is 77.8 cm³/mol. The number of hydrogen-bond donors (Lipinski definition) is 0. The van der Waals surface area contributed by atoms with Crippen molar-refractivity contribution in [3.05, 3.63) is 0 Å². The minimum absolute atomic E-state index is 0.358. The fourth-order valence-electron chi connectivity index (χ4n) is 1.71. The summed E-state index contributed by atoms with van der Waals surface area (Å²) in [6, 6.07) is 0. The van der Waals surface area contributed by atoms with Crippen LogP contribution in [-0.2, 0) is 14.3 Å². The maximum Gasteiger partial charge on any atom is 0.318 e. The monoisotopic (exact) mass is 270 g/mol. The number of ether oxygens (including phenoxy) is 1. The van der Waals surface area contributed by atoms with Crippen molar-refractivity contribution in [2.24, 2.45) is 5.41 Å². The van der Waals surface area contributed by atoms with Gasteiger partial charge in [-0.05, 0) is 27.2 Å². The predicted octanol–water partition coefficient (Wildman–Crippen LogP) is 4.63. The molecule has 0 bridgehead atoms. The van der Waals surface area contributed by atoms with Gasteiger partial charge in [0.25, 0.3) is 0 Å². The quantitative estimate of drug-likeness (QED) is 0.348. The molecule has 0 aromatic rings. The van der Waals surface area contributed by atoms with E-state index in [0.717, 1.165) is 12.8 Å². The first-order chi connectivity index (χ1) is 8.88. The Kier molecular flexibility index (Phi) is 9.54. The molecule has 0 aromatic carbocycles. The molecule has 0 saturated carbocycles. The Bertz CT molecular complexity index is 264. The van der Waals surface area contributed by atoms with E-state index in [0.29, 0.717) is 6.42 Å². The van der Waals surface area contributed by atoms with E-state index in [1.807, 2.05) is 0 Å². The van der Waals surface area contributed by atoms with Crippen LogP contribution < -0.4 is 0 Å². The van der Waals surface area contributed by atoms with Crippen molar-refractivity contribution in [3.63, 3.8) is 0 Å². The van der Waals surface area contributed by atoms with Gasteiger partial charge in [-0.2, -0.15) is 0 Å². The minimum Gasteiger partial charge on any atom is -0.393 e. The number of carbonyl (C=O) groups excluding carboxylic acids is 2. The van der Waals surface area contributed by atoms with Crippen LogP contribution in [0.25, 0.3) is 0 Å². The second-order valence-electron chi connectivity index (χ2n) is 6.24. The van der Waals surface area contributed by atoms with Gasteiger partial charge in [-0.25, -0.2) is 0 Å². The fourth-order valence-corrected chi connectivity index (χ4v) is 1.71. The van der Waals surface area contributed by atoms with E-state index in [1.165, 1.54) is 38.5 Å². The Balaban J connectivity index is 3.47. The molecule has 0 N–H and O–H groups in total. The zero-order chi connectivity index (χ0) is 14.7. The van der Waals surface area contributed by atoms with Crippen LogP contribution >= 0.6 is 0 Å². The third-order valence-electron chi connectivity index (χ3n) is 3.05. The Hall–Kier alpha value is -0.860. The first-order valence-corrected chi connectivity index (χ1v) is 7.63. The highest BCUT2D eigenvalue weighted by Crippen LogP contribution is 2.16. The molecule has 0 aliphatic carbocycles. The Morgan fingerprint density at radius 1 is 0.842 bits per heavy atom. The highest BCUT2D eigenvalue weighted by Gasteiger charge is 2.25. The molecule has 0 atom stereocenters. The summed E-state index contributed by atoms with van der Waals surface area (Å²) in [5, 5.41) is 0. The van der Waals surface area contributed by atoms with Crippen LogP contribution in [0.5, 0.6) is 0 Å². The number of esters is 2. The van der Waals surface area contributed by atoms with Crippen molar-refractivity contribution >= 4 is 11.9 Å². The van der Waals surface area contributed by atoms with Crippen molar-refractivity contribution < 1.29 is 14.3 Å². The van der Waals surface area contributed by atoms with Crippen LogP contribution in [0.15, 0.2) is 0 Å². The summed E-state index contributed by atoms with van der Waals surface area (Å²) in [6.45, 7) is 7.46. The molecule has 0 unspecified atom stereocenters. The van der Waals surface area contributed by atoms with Gasteiger partial charge in [0.2, 0.25) is 0 Å². The molecule has 0 aliphatic heterocycles. The smallest absolute Gasteiger partial charge is 0.318 e. The summed E-state index contributed by atoms with van der Waals surface area (Å²) in [5.41, 5.74) is -0.602. The number of hydrogen-bond acceptors (Lipinski definition) is 3. The third-order valence-corrected chi connectivity index (χ3v) is 3.05. The zero-order valence-corrected chi connectivity index (χ0v) is 13.1. The van der Waals surface area contributed by atoms with Gasteiger partial charge in [0, 0.05) is 6.42 Å². The lowest BCUT2D eigenvalue weighted by Gasteiger charge is -2.15. The normalized spacial score (nSPS) is 11.4. The first kappa shape index (κ1) is 18.1. The molecule has 0 fully saturated rings. The molecular weight excluding hydrogens is 240 g/mol. The number of unbranched alkanes of at least 4 members (excludes halogenated alkanes) is 7. The third kappa shape index (κ3) is 10.7. The molecule has 0 heterocycles. The van der Waals surface area contributed by atoms with Crippen LogP contribution in [0.2, 0.25) is 0 Å². The SMILES string of the molecule is CCCCCCCCCCC(=O)OC(=O)C(C)(C)C. The van der Waals surface area contributed by atoms with Gasteiger partial charge in [0.05, 0.1) is 5.41 Å². The standard InChI is InChI=1S/C16H30O3/c1-5-6-7-8-9-10-11-12-13-14(17)19-15(18)16(2,3)4/h5-13H2,1-4H3. The van der Waals surface area contributed by atoms with Gasteiger partial charge in [-0.3, -0.25) is 9.59 Å². The van der Waals surface area contributed by atoms with Crippen LogP contribution in [0.4, 0.5) is 0 Å². The second-order valence-corrected chi connectivity index (χ2v) is 6.24. The van der Waals surface area contributed by atoms with Gasteiger partial charge < -0.3 is 4.74 Å². The van der Waals surface area contributed by atoms with Crippen molar-refractivity contribution in [2.75, 3.05) is 0 Å². The molecule has 0 saturated heterocycles. The minimum atomic E-state index is -0.602. The van der Waals surface area contributed by atoms with E-state index in [2.05, 4.69) is 6.92 Å². The van der Waals surface area contributed by atoms with Gasteiger partial charge in [0.15, 0.2) is 0 Å². The first-order valence-electron chi connectivity index (χ1n) is 7.63. The van der Waals surface area contributed by atoms with Crippen molar-refractivity contribution in [3.8, 4) is 0 Å². The maximum absolute atomic E-state index is 11.5.